The number of amides is 2. The number of thiazole rings is 2. The van der Waals surface area contributed by atoms with Gasteiger partial charge in [-0.1, -0.05) is 20.8 Å². The second-order valence-electron chi connectivity index (χ2n) is 8.03. The quantitative estimate of drug-likeness (QED) is 0.836. The summed E-state index contributed by atoms with van der Waals surface area (Å²) >= 11 is 2.93. The zero-order valence-electron chi connectivity index (χ0n) is 16.5. The molecule has 0 aliphatic carbocycles. The number of rotatable bonds is 3. The van der Waals surface area contributed by atoms with Crippen LogP contribution in [0, 0.1) is 19.8 Å². The molecule has 0 saturated carbocycles. The van der Waals surface area contributed by atoms with Crippen LogP contribution in [0.5, 0.6) is 0 Å². The smallest absolute Gasteiger partial charge is 0.265 e. The van der Waals surface area contributed by atoms with E-state index in [4.69, 9.17) is 0 Å². The Bertz CT molecular complexity index is 842. The summed E-state index contributed by atoms with van der Waals surface area (Å²) in [6, 6.07) is 0. The molecular formula is C19H26N4O2S2. The van der Waals surface area contributed by atoms with E-state index in [9.17, 15) is 9.59 Å². The highest BCUT2D eigenvalue weighted by atomic mass is 32.1. The van der Waals surface area contributed by atoms with E-state index in [1.807, 2.05) is 24.1 Å². The molecule has 6 nitrogen and oxygen atoms in total. The van der Waals surface area contributed by atoms with Crippen molar-refractivity contribution in [1.82, 2.24) is 14.9 Å². The van der Waals surface area contributed by atoms with Gasteiger partial charge in [0.25, 0.3) is 5.91 Å². The van der Waals surface area contributed by atoms with E-state index >= 15 is 0 Å². The molecule has 27 heavy (non-hydrogen) atoms. The van der Waals surface area contributed by atoms with Gasteiger partial charge in [-0.25, -0.2) is 9.97 Å². The Labute approximate surface area is 168 Å². The minimum atomic E-state index is -0.0778. The predicted octanol–water partition coefficient (Wildman–Crippen LogP) is 4.00. The maximum atomic E-state index is 12.9. The van der Waals surface area contributed by atoms with E-state index in [1.54, 1.807) is 0 Å². The summed E-state index contributed by atoms with van der Waals surface area (Å²) in [5, 5.41) is 6.44. The van der Waals surface area contributed by atoms with Crippen LogP contribution in [0.4, 0.5) is 5.13 Å². The molecule has 0 unspecified atom stereocenters. The average Bonchev–Trinajstić information content (AvgIpc) is 3.19. The van der Waals surface area contributed by atoms with Crippen LogP contribution in [0.15, 0.2) is 5.38 Å². The van der Waals surface area contributed by atoms with E-state index in [1.165, 1.54) is 22.7 Å². The highest BCUT2D eigenvalue weighted by molar-refractivity contribution is 7.14. The zero-order valence-corrected chi connectivity index (χ0v) is 18.1. The van der Waals surface area contributed by atoms with Crippen molar-refractivity contribution in [3.63, 3.8) is 0 Å². The lowest BCUT2D eigenvalue weighted by atomic mass is 9.96. The molecule has 1 fully saturated rings. The summed E-state index contributed by atoms with van der Waals surface area (Å²) in [6.07, 6.45) is 1.35. The zero-order chi connectivity index (χ0) is 19.8. The number of piperidine rings is 1. The number of hydrogen-bond acceptors (Lipinski definition) is 6. The van der Waals surface area contributed by atoms with Gasteiger partial charge in [0.2, 0.25) is 5.91 Å². The fraction of sp³-hybridized carbons (Fsp3) is 0.579. The molecule has 2 aromatic rings. The lowest BCUT2D eigenvalue weighted by Crippen LogP contribution is -2.41. The van der Waals surface area contributed by atoms with Crippen molar-refractivity contribution in [3.05, 3.63) is 26.7 Å². The number of aryl methyl sites for hydroxylation is 2. The molecule has 8 heteroatoms. The van der Waals surface area contributed by atoms with Crippen molar-refractivity contribution in [2.75, 3.05) is 18.4 Å². The molecule has 1 saturated heterocycles. The third kappa shape index (κ3) is 4.55. The number of likely N-dealkylation sites (tertiary alicyclic amines) is 1. The number of nitrogens with zero attached hydrogens (tertiary/aromatic N) is 3. The van der Waals surface area contributed by atoms with Gasteiger partial charge in [0.1, 0.15) is 4.88 Å². The molecule has 2 aromatic heterocycles. The van der Waals surface area contributed by atoms with Crippen molar-refractivity contribution in [3.8, 4) is 0 Å². The Kier molecular flexibility index (Phi) is 5.67. The van der Waals surface area contributed by atoms with Crippen molar-refractivity contribution in [1.29, 1.82) is 0 Å². The Morgan fingerprint density at radius 1 is 1.19 bits per heavy atom. The summed E-state index contributed by atoms with van der Waals surface area (Å²) in [6.45, 7) is 11.3. The molecule has 0 aromatic carbocycles. The van der Waals surface area contributed by atoms with Gasteiger partial charge < -0.3 is 10.2 Å². The first-order chi connectivity index (χ1) is 12.6. The second kappa shape index (κ2) is 7.67. The Hall–Kier alpha value is -1.80. The monoisotopic (exact) mass is 406 g/mol. The van der Waals surface area contributed by atoms with Gasteiger partial charge >= 0.3 is 0 Å². The number of aromatic nitrogens is 2. The number of nitrogens with one attached hydrogen (secondary N) is 1. The van der Waals surface area contributed by atoms with Crippen molar-refractivity contribution in [2.45, 2.75) is 52.9 Å². The van der Waals surface area contributed by atoms with Gasteiger partial charge in [-0.3, -0.25) is 9.59 Å². The van der Waals surface area contributed by atoms with Crippen LogP contribution in [-0.4, -0.2) is 39.8 Å². The molecule has 146 valence electrons. The van der Waals surface area contributed by atoms with Crippen molar-refractivity contribution in [2.24, 2.45) is 5.92 Å². The van der Waals surface area contributed by atoms with E-state index in [-0.39, 0.29) is 23.1 Å². The second-order valence-corrected chi connectivity index (χ2v) is 9.89. The molecule has 0 atom stereocenters. The largest absolute Gasteiger partial charge is 0.338 e. The Balaban J connectivity index is 1.59. The molecular weight excluding hydrogens is 380 g/mol. The van der Waals surface area contributed by atoms with E-state index in [2.05, 4.69) is 36.1 Å². The van der Waals surface area contributed by atoms with Gasteiger partial charge in [0.05, 0.1) is 16.4 Å². The molecule has 0 spiro atoms. The maximum Gasteiger partial charge on any atom is 0.265 e. The topological polar surface area (TPSA) is 75.2 Å². The van der Waals surface area contributed by atoms with E-state index in [0.29, 0.717) is 31.1 Å². The Morgan fingerprint density at radius 3 is 2.37 bits per heavy atom. The third-order valence-electron chi connectivity index (χ3n) is 4.63. The SMILES string of the molecule is Cc1csc(NC(=O)C2CCN(C(=O)c3sc(C(C)(C)C)nc3C)CC2)n1. The van der Waals surface area contributed by atoms with Gasteiger partial charge in [-0.2, -0.15) is 0 Å². The van der Waals surface area contributed by atoms with Gasteiger partial charge in [-0.15, -0.1) is 22.7 Å². The van der Waals surface area contributed by atoms with Crippen LogP contribution in [0.1, 0.15) is 59.7 Å². The van der Waals surface area contributed by atoms with Gasteiger partial charge in [-0.05, 0) is 26.7 Å². The van der Waals surface area contributed by atoms with Gasteiger partial charge in [0.15, 0.2) is 5.13 Å². The fourth-order valence-electron chi connectivity index (χ4n) is 3.02. The first kappa shape index (κ1) is 19.9. The van der Waals surface area contributed by atoms with Crippen LogP contribution in [0.25, 0.3) is 0 Å². The molecule has 2 amide bonds. The molecule has 1 aliphatic rings. The molecule has 0 bridgehead atoms. The van der Waals surface area contributed by atoms with Crippen LogP contribution >= 0.6 is 22.7 Å². The minimum absolute atomic E-state index is 0.000406. The molecule has 0 radical (unpaired) electrons. The molecule has 1 aliphatic heterocycles. The summed E-state index contributed by atoms with van der Waals surface area (Å²) in [4.78, 5) is 36.8. The fourth-order valence-corrected chi connectivity index (χ4v) is 4.81. The highest BCUT2D eigenvalue weighted by Crippen LogP contribution is 2.31. The lowest BCUT2D eigenvalue weighted by molar-refractivity contribution is -0.121. The molecule has 3 rings (SSSR count). The normalized spacial score (nSPS) is 15.8. The number of carbonyl (C=O) groups is 2. The van der Waals surface area contributed by atoms with Crippen molar-refractivity contribution >= 4 is 39.6 Å². The summed E-state index contributed by atoms with van der Waals surface area (Å²) in [5.74, 6) is -0.0405. The van der Waals surface area contributed by atoms with Crippen molar-refractivity contribution < 1.29 is 9.59 Å². The average molecular weight is 407 g/mol. The molecule has 3 heterocycles. The third-order valence-corrected chi connectivity index (χ3v) is 7.08. The standard InChI is InChI=1S/C19H26N4O2S2/c1-11-10-26-18(20-11)22-15(24)13-6-8-23(9-7-13)16(25)14-12(2)21-17(27-14)19(3,4)5/h10,13H,6-9H2,1-5H3,(H,20,22,24). The number of hydrogen-bond donors (Lipinski definition) is 1. The summed E-state index contributed by atoms with van der Waals surface area (Å²) in [7, 11) is 0. The summed E-state index contributed by atoms with van der Waals surface area (Å²) < 4.78 is 0. The minimum Gasteiger partial charge on any atom is -0.338 e. The van der Waals surface area contributed by atoms with Crippen LogP contribution in [0.2, 0.25) is 0 Å². The molecule has 1 N–H and O–H groups in total. The first-order valence-electron chi connectivity index (χ1n) is 9.15. The summed E-state index contributed by atoms with van der Waals surface area (Å²) in [5.41, 5.74) is 1.65. The number of carbonyl (C=O) groups excluding carboxylic acids is 2. The van der Waals surface area contributed by atoms with Gasteiger partial charge in [0, 0.05) is 29.8 Å². The highest BCUT2D eigenvalue weighted by Gasteiger charge is 2.31. The first-order valence-corrected chi connectivity index (χ1v) is 10.8. The van der Waals surface area contributed by atoms with Crippen LogP contribution in [0.3, 0.4) is 0 Å². The van der Waals surface area contributed by atoms with Crippen LogP contribution < -0.4 is 5.32 Å². The predicted molar refractivity (Wildman–Crippen MR) is 110 cm³/mol. The van der Waals surface area contributed by atoms with Crippen LogP contribution in [-0.2, 0) is 10.2 Å². The van der Waals surface area contributed by atoms with E-state index < -0.39 is 0 Å². The maximum absolute atomic E-state index is 12.9. The Morgan fingerprint density at radius 2 is 1.85 bits per heavy atom. The lowest BCUT2D eigenvalue weighted by Gasteiger charge is -2.31. The number of anilines is 1. The van der Waals surface area contributed by atoms with E-state index in [0.717, 1.165) is 21.3 Å².